The zero-order valence-electron chi connectivity index (χ0n) is 13.8. The van der Waals surface area contributed by atoms with Gasteiger partial charge in [0.1, 0.15) is 18.8 Å². The second-order valence-corrected chi connectivity index (χ2v) is 6.15. The molecule has 2 rings (SSSR count). The first kappa shape index (κ1) is 17.6. The lowest BCUT2D eigenvalue weighted by Crippen LogP contribution is -2.50. The highest BCUT2D eigenvalue weighted by atomic mass is 16.6. The number of nitrogens with zero attached hydrogens (tertiary/aromatic N) is 1. The van der Waals surface area contributed by atoms with Gasteiger partial charge >= 0.3 is 18.3 Å². The van der Waals surface area contributed by atoms with Gasteiger partial charge in [0.2, 0.25) is 0 Å². The van der Waals surface area contributed by atoms with E-state index in [0.29, 0.717) is 4.90 Å². The summed E-state index contributed by atoms with van der Waals surface area (Å²) >= 11 is 0. The maximum absolute atomic E-state index is 12.1. The molecule has 0 bridgehead atoms. The Morgan fingerprint density at radius 1 is 1.29 bits per heavy atom. The number of benzene rings is 1. The molecule has 1 N–H and O–H groups in total. The van der Waals surface area contributed by atoms with Gasteiger partial charge in [0, 0.05) is 0 Å². The largest absolute Gasteiger partial charge is 0.445 e. The van der Waals surface area contributed by atoms with Crippen LogP contribution in [0.5, 0.6) is 0 Å². The number of rotatable bonds is 3. The lowest BCUT2D eigenvalue weighted by molar-refractivity contribution is 0.0451. The summed E-state index contributed by atoms with van der Waals surface area (Å²) in [7, 11) is 0. The lowest BCUT2D eigenvalue weighted by atomic mass is 10.2. The third kappa shape index (κ3) is 4.87. The normalized spacial score (nSPS) is 17.2. The molecule has 3 amide bonds. The van der Waals surface area contributed by atoms with Gasteiger partial charge in [-0.25, -0.2) is 14.4 Å². The van der Waals surface area contributed by atoms with Crippen LogP contribution in [0.1, 0.15) is 26.3 Å². The van der Waals surface area contributed by atoms with E-state index in [1.54, 1.807) is 45.0 Å². The SMILES string of the molecule is CC(C)(C)OC(=O)N[C@H]1COC(=O)N1C(=O)OCc1ccccc1. The number of carbonyl (C=O) groups is 3. The highest BCUT2D eigenvalue weighted by Crippen LogP contribution is 2.14. The van der Waals surface area contributed by atoms with Crippen molar-refractivity contribution >= 4 is 18.3 Å². The summed E-state index contributed by atoms with van der Waals surface area (Å²) in [4.78, 5) is 36.3. The zero-order valence-corrected chi connectivity index (χ0v) is 13.8. The monoisotopic (exact) mass is 336 g/mol. The van der Waals surface area contributed by atoms with Gasteiger partial charge in [-0.3, -0.25) is 5.32 Å². The van der Waals surface area contributed by atoms with E-state index >= 15 is 0 Å². The van der Waals surface area contributed by atoms with Gasteiger partial charge in [-0.05, 0) is 26.3 Å². The topological polar surface area (TPSA) is 94.2 Å². The van der Waals surface area contributed by atoms with Crippen LogP contribution in [0.25, 0.3) is 0 Å². The van der Waals surface area contributed by atoms with Crippen LogP contribution in [0, 0.1) is 0 Å². The quantitative estimate of drug-likeness (QED) is 0.853. The van der Waals surface area contributed by atoms with Gasteiger partial charge in [-0.1, -0.05) is 30.3 Å². The molecule has 8 nitrogen and oxygen atoms in total. The van der Waals surface area contributed by atoms with E-state index in [4.69, 9.17) is 14.2 Å². The van der Waals surface area contributed by atoms with Gasteiger partial charge in [-0.15, -0.1) is 0 Å². The van der Waals surface area contributed by atoms with Crippen LogP contribution in [0.15, 0.2) is 30.3 Å². The maximum atomic E-state index is 12.1. The second-order valence-electron chi connectivity index (χ2n) is 6.15. The molecule has 1 heterocycles. The zero-order chi connectivity index (χ0) is 17.7. The van der Waals surface area contributed by atoms with E-state index in [1.807, 2.05) is 6.07 Å². The van der Waals surface area contributed by atoms with Crippen molar-refractivity contribution in [1.82, 2.24) is 10.2 Å². The van der Waals surface area contributed by atoms with Crippen LogP contribution < -0.4 is 5.32 Å². The molecule has 0 aliphatic carbocycles. The van der Waals surface area contributed by atoms with Gasteiger partial charge in [0.15, 0.2) is 6.17 Å². The lowest BCUT2D eigenvalue weighted by Gasteiger charge is -2.23. The number of alkyl carbamates (subject to hydrolysis) is 1. The summed E-state index contributed by atoms with van der Waals surface area (Å²) in [5.74, 6) is 0. The first-order chi connectivity index (χ1) is 11.3. The van der Waals surface area contributed by atoms with E-state index in [2.05, 4.69) is 5.32 Å². The molecule has 1 aromatic rings. The van der Waals surface area contributed by atoms with Crippen molar-refractivity contribution in [1.29, 1.82) is 0 Å². The van der Waals surface area contributed by atoms with Gasteiger partial charge < -0.3 is 14.2 Å². The Kier molecular flexibility index (Phi) is 5.28. The van der Waals surface area contributed by atoms with Crippen molar-refractivity contribution in [2.45, 2.75) is 39.1 Å². The minimum atomic E-state index is -0.976. The van der Waals surface area contributed by atoms with Crippen LogP contribution in [-0.4, -0.2) is 41.6 Å². The minimum absolute atomic E-state index is 0.00259. The molecule has 0 aromatic heterocycles. The minimum Gasteiger partial charge on any atom is -0.445 e. The number of hydrogen-bond acceptors (Lipinski definition) is 6. The van der Waals surface area contributed by atoms with Gasteiger partial charge in [0.05, 0.1) is 0 Å². The molecular formula is C16H20N2O6. The molecule has 24 heavy (non-hydrogen) atoms. The van der Waals surface area contributed by atoms with E-state index in [9.17, 15) is 14.4 Å². The van der Waals surface area contributed by atoms with Crippen molar-refractivity contribution in [3.63, 3.8) is 0 Å². The Hall–Kier alpha value is -2.77. The molecule has 1 aromatic carbocycles. The third-order valence-corrected chi connectivity index (χ3v) is 2.96. The van der Waals surface area contributed by atoms with E-state index in [0.717, 1.165) is 5.56 Å². The molecule has 1 atom stereocenters. The first-order valence-electron chi connectivity index (χ1n) is 7.42. The number of hydrogen-bond donors (Lipinski definition) is 1. The van der Waals surface area contributed by atoms with E-state index < -0.39 is 30.0 Å². The van der Waals surface area contributed by atoms with Crippen LogP contribution in [0.4, 0.5) is 14.4 Å². The van der Waals surface area contributed by atoms with Crippen LogP contribution in [0.3, 0.4) is 0 Å². The third-order valence-electron chi connectivity index (χ3n) is 2.96. The molecule has 1 saturated heterocycles. The summed E-state index contributed by atoms with van der Waals surface area (Å²) in [5.41, 5.74) is 0.0710. The van der Waals surface area contributed by atoms with Crippen molar-refractivity contribution < 1.29 is 28.6 Å². The molecule has 1 aliphatic rings. The number of nitrogens with one attached hydrogen (secondary N) is 1. The molecule has 1 fully saturated rings. The van der Waals surface area contributed by atoms with Crippen LogP contribution in [0.2, 0.25) is 0 Å². The summed E-state index contributed by atoms with van der Waals surface area (Å²) in [6.45, 7) is 4.94. The second kappa shape index (κ2) is 7.20. The Bertz CT molecular complexity index is 611. The Morgan fingerprint density at radius 2 is 1.96 bits per heavy atom. The van der Waals surface area contributed by atoms with Crippen LogP contribution >= 0.6 is 0 Å². The predicted octanol–water partition coefficient (Wildman–Crippen LogP) is 2.63. The van der Waals surface area contributed by atoms with Gasteiger partial charge in [-0.2, -0.15) is 4.90 Å². The highest BCUT2D eigenvalue weighted by Gasteiger charge is 2.40. The number of cyclic esters (lactones) is 1. The first-order valence-corrected chi connectivity index (χ1v) is 7.42. The molecule has 0 spiro atoms. The Morgan fingerprint density at radius 3 is 2.58 bits per heavy atom. The number of ether oxygens (including phenoxy) is 3. The summed E-state index contributed by atoms with van der Waals surface area (Å²) in [5, 5.41) is 2.41. The van der Waals surface area contributed by atoms with E-state index in [-0.39, 0.29) is 13.2 Å². The Balaban J connectivity index is 1.94. The molecule has 1 aliphatic heterocycles. The molecular weight excluding hydrogens is 316 g/mol. The van der Waals surface area contributed by atoms with Crippen molar-refractivity contribution in [2.24, 2.45) is 0 Å². The fourth-order valence-corrected chi connectivity index (χ4v) is 1.96. The fraction of sp³-hybridized carbons (Fsp3) is 0.438. The molecule has 0 saturated carbocycles. The maximum Gasteiger partial charge on any atom is 0.421 e. The summed E-state index contributed by atoms with van der Waals surface area (Å²) in [6, 6.07) is 9.02. The molecule has 130 valence electrons. The number of carbonyl (C=O) groups excluding carboxylic acids is 3. The predicted molar refractivity (Wildman–Crippen MR) is 83.0 cm³/mol. The van der Waals surface area contributed by atoms with E-state index in [1.165, 1.54) is 0 Å². The van der Waals surface area contributed by atoms with Gasteiger partial charge in [0.25, 0.3) is 0 Å². The van der Waals surface area contributed by atoms with Crippen molar-refractivity contribution in [3.05, 3.63) is 35.9 Å². The average Bonchev–Trinajstić information content (AvgIpc) is 2.84. The Labute approximate surface area is 139 Å². The molecule has 0 radical (unpaired) electrons. The number of amides is 3. The summed E-state index contributed by atoms with van der Waals surface area (Å²) in [6.07, 6.45) is -3.51. The average molecular weight is 336 g/mol. The smallest absolute Gasteiger partial charge is 0.421 e. The van der Waals surface area contributed by atoms with Crippen LogP contribution in [-0.2, 0) is 20.8 Å². The number of imide groups is 1. The van der Waals surface area contributed by atoms with Crippen molar-refractivity contribution in [3.8, 4) is 0 Å². The molecule has 8 heteroatoms. The standard InChI is InChI=1S/C16H20N2O6/c1-16(2,3)24-13(19)17-12-10-23-15(21)18(12)14(20)22-9-11-7-5-4-6-8-11/h4-8,12H,9-10H2,1-3H3,(H,17,19)/t12-/m1/s1. The highest BCUT2D eigenvalue weighted by molar-refractivity contribution is 5.90. The fourth-order valence-electron chi connectivity index (χ4n) is 1.96. The summed E-state index contributed by atoms with van der Waals surface area (Å²) < 4.78 is 15.0. The molecule has 0 unspecified atom stereocenters. The van der Waals surface area contributed by atoms with Crippen molar-refractivity contribution in [2.75, 3.05) is 6.61 Å².